The predicted molar refractivity (Wildman–Crippen MR) is 120 cm³/mol. The summed E-state index contributed by atoms with van der Waals surface area (Å²) in [7, 11) is 0. The Balaban J connectivity index is 1.23. The Kier molecular flexibility index (Phi) is 4.50. The lowest BCUT2D eigenvalue weighted by atomic mass is 9.69. The molecule has 8 rings (SSSR count). The van der Waals surface area contributed by atoms with Crippen LogP contribution in [0.5, 0.6) is 0 Å². The summed E-state index contributed by atoms with van der Waals surface area (Å²) in [6, 6.07) is 0.495. The number of ether oxygens (including phenoxy) is 1. The quantitative estimate of drug-likeness (QED) is 0.546. The van der Waals surface area contributed by atoms with Crippen LogP contribution >= 0.6 is 0 Å². The third-order valence-electron chi connectivity index (χ3n) is 8.25. The first-order valence-corrected chi connectivity index (χ1v) is 12.3. The van der Waals surface area contributed by atoms with Crippen LogP contribution in [-0.2, 0) is 4.74 Å². The number of rotatable bonds is 4. The Labute approximate surface area is 199 Å². The molecule has 5 fully saturated rings. The summed E-state index contributed by atoms with van der Waals surface area (Å²) >= 11 is 0. The van der Waals surface area contributed by atoms with Crippen molar-refractivity contribution in [2.75, 3.05) is 24.6 Å². The molecule has 4 aliphatic carbocycles. The molecule has 0 spiro atoms. The fraction of sp³-hybridized carbons (Fsp3) is 0.625. The highest BCUT2D eigenvalue weighted by atomic mass is 19.4. The smallest absolute Gasteiger partial charge is 0.370 e. The zero-order chi connectivity index (χ0) is 23.9. The molecule has 2 atom stereocenters. The van der Waals surface area contributed by atoms with Crippen LogP contribution in [0.1, 0.15) is 67.1 Å². The van der Waals surface area contributed by atoms with E-state index < -0.39 is 11.6 Å². The van der Waals surface area contributed by atoms with Gasteiger partial charge in [-0.3, -0.25) is 4.68 Å². The number of nitrogens with zero attached hydrogens (tertiary/aromatic N) is 7. The fourth-order valence-electron chi connectivity index (χ4n) is 6.14. The van der Waals surface area contributed by atoms with Gasteiger partial charge in [0.15, 0.2) is 5.65 Å². The molecule has 4 heterocycles. The highest BCUT2D eigenvalue weighted by Gasteiger charge is 2.69. The van der Waals surface area contributed by atoms with Gasteiger partial charge >= 0.3 is 6.18 Å². The molecule has 5 aliphatic rings. The third-order valence-corrected chi connectivity index (χ3v) is 8.25. The molecule has 8 nitrogen and oxygen atoms in total. The van der Waals surface area contributed by atoms with Crippen LogP contribution in [0.25, 0.3) is 11.2 Å². The standard InChI is InChI=1S/C24H26F3N7O/c1-13-9-28-20-19(17-8-23(24(25,26)27)6-14(17)7-23)31-22(32-21(20)30-13)33-4-5-35-18(12-33)15-10-29-34(11-15)16-2-3-16/h9-11,14,16-18H,2-8,12H2,1H3/t14?,17-,18?,23?/m1/s1. The molecular weight excluding hydrogens is 459 g/mol. The van der Waals surface area contributed by atoms with Crippen LogP contribution in [0.3, 0.4) is 0 Å². The first-order chi connectivity index (χ1) is 16.8. The second-order valence-electron chi connectivity index (χ2n) is 10.6. The number of fused-ring (bicyclic) bond motifs is 2. The van der Waals surface area contributed by atoms with E-state index in [1.807, 2.05) is 17.8 Å². The van der Waals surface area contributed by atoms with E-state index in [0.29, 0.717) is 54.2 Å². The summed E-state index contributed by atoms with van der Waals surface area (Å²) in [5.74, 6) is 0.170. The molecule has 184 valence electrons. The average Bonchev–Trinajstić information content (AvgIpc) is 3.25. The normalized spacial score (nSPS) is 30.6. The van der Waals surface area contributed by atoms with Crippen LogP contribution in [0, 0.1) is 18.3 Å². The number of alkyl halides is 3. The highest BCUT2D eigenvalue weighted by molar-refractivity contribution is 5.75. The van der Waals surface area contributed by atoms with Crippen molar-refractivity contribution < 1.29 is 17.9 Å². The lowest BCUT2D eigenvalue weighted by Crippen LogP contribution is -2.42. The van der Waals surface area contributed by atoms with Crippen molar-refractivity contribution in [3.63, 3.8) is 0 Å². The van der Waals surface area contributed by atoms with Gasteiger partial charge in [-0.2, -0.15) is 23.3 Å². The van der Waals surface area contributed by atoms with Crippen LogP contribution in [-0.4, -0.2) is 55.6 Å². The molecule has 1 aliphatic heterocycles. The van der Waals surface area contributed by atoms with E-state index in [0.717, 1.165) is 18.4 Å². The fourth-order valence-corrected chi connectivity index (χ4v) is 6.14. The molecule has 0 radical (unpaired) electrons. The van der Waals surface area contributed by atoms with Crippen molar-refractivity contribution in [3.05, 3.63) is 35.5 Å². The average molecular weight is 486 g/mol. The van der Waals surface area contributed by atoms with Crippen LogP contribution in [0.4, 0.5) is 19.1 Å². The molecule has 3 aromatic rings. The van der Waals surface area contributed by atoms with Crippen molar-refractivity contribution in [1.29, 1.82) is 0 Å². The third kappa shape index (κ3) is 3.41. The Morgan fingerprint density at radius 1 is 1.09 bits per heavy atom. The van der Waals surface area contributed by atoms with Crippen molar-refractivity contribution >= 4 is 17.1 Å². The van der Waals surface area contributed by atoms with Gasteiger partial charge in [0.1, 0.15) is 11.6 Å². The van der Waals surface area contributed by atoms with E-state index in [-0.39, 0.29) is 37.2 Å². The van der Waals surface area contributed by atoms with E-state index in [9.17, 15) is 13.2 Å². The molecular formula is C24H26F3N7O. The number of halogens is 3. The number of anilines is 1. The van der Waals surface area contributed by atoms with Crippen LogP contribution in [0.15, 0.2) is 18.6 Å². The van der Waals surface area contributed by atoms with Gasteiger partial charge in [0.05, 0.1) is 42.2 Å². The summed E-state index contributed by atoms with van der Waals surface area (Å²) in [5, 5.41) is 4.48. The second kappa shape index (κ2) is 7.35. The monoisotopic (exact) mass is 485 g/mol. The SMILES string of the molecule is Cc1cnc2c([C@@H]3CC4(C(F)(F)F)CC3C4)nc(N3CCOC(c4cnn(C5CC5)c4)C3)nc2n1. The Bertz CT molecular complexity index is 1300. The topological polar surface area (TPSA) is 81.9 Å². The molecule has 35 heavy (non-hydrogen) atoms. The van der Waals surface area contributed by atoms with Crippen molar-refractivity contribution in [2.24, 2.45) is 11.3 Å². The summed E-state index contributed by atoms with van der Waals surface area (Å²) in [6.07, 6.45) is 3.91. The van der Waals surface area contributed by atoms with Gasteiger partial charge in [-0.25, -0.2) is 15.0 Å². The van der Waals surface area contributed by atoms with Gasteiger partial charge in [-0.15, -0.1) is 0 Å². The summed E-state index contributed by atoms with van der Waals surface area (Å²) in [6.45, 7) is 3.47. The van der Waals surface area contributed by atoms with Gasteiger partial charge in [0.2, 0.25) is 5.95 Å². The van der Waals surface area contributed by atoms with Gasteiger partial charge in [0.25, 0.3) is 0 Å². The maximum absolute atomic E-state index is 13.8. The molecule has 1 unspecified atom stereocenters. The Morgan fingerprint density at radius 2 is 1.91 bits per heavy atom. The maximum atomic E-state index is 13.8. The largest absolute Gasteiger partial charge is 0.394 e. The molecule has 0 aromatic carbocycles. The first-order valence-electron chi connectivity index (χ1n) is 12.3. The van der Waals surface area contributed by atoms with E-state index in [4.69, 9.17) is 14.7 Å². The van der Waals surface area contributed by atoms with E-state index >= 15 is 0 Å². The Hall–Kier alpha value is -2.82. The summed E-state index contributed by atoms with van der Waals surface area (Å²) in [4.78, 5) is 20.7. The highest BCUT2D eigenvalue weighted by Crippen LogP contribution is 2.70. The number of aryl methyl sites for hydroxylation is 1. The minimum absolute atomic E-state index is 0.0311. The number of aromatic nitrogens is 6. The minimum atomic E-state index is -4.19. The van der Waals surface area contributed by atoms with E-state index in [1.54, 1.807) is 6.20 Å². The number of hydrogen-bond acceptors (Lipinski definition) is 7. The van der Waals surface area contributed by atoms with E-state index in [2.05, 4.69) is 26.2 Å². The maximum Gasteiger partial charge on any atom is 0.394 e. The summed E-state index contributed by atoms with van der Waals surface area (Å²) in [5.41, 5.74) is 1.72. The molecule has 3 aromatic heterocycles. The second-order valence-corrected chi connectivity index (χ2v) is 10.6. The molecule has 1 saturated heterocycles. The van der Waals surface area contributed by atoms with Crippen LogP contribution in [0.2, 0.25) is 0 Å². The predicted octanol–water partition coefficient (Wildman–Crippen LogP) is 4.28. The molecule has 4 saturated carbocycles. The number of morpholine rings is 1. The zero-order valence-corrected chi connectivity index (χ0v) is 19.4. The van der Waals surface area contributed by atoms with Gasteiger partial charge in [0, 0.05) is 30.4 Å². The van der Waals surface area contributed by atoms with Gasteiger partial charge in [-0.1, -0.05) is 0 Å². The van der Waals surface area contributed by atoms with Crippen molar-refractivity contribution in [2.45, 2.75) is 63.3 Å². The minimum Gasteiger partial charge on any atom is -0.370 e. The number of hydrogen-bond donors (Lipinski definition) is 0. The molecule has 2 bridgehead atoms. The summed E-state index contributed by atoms with van der Waals surface area (Å²) < 4.78 is 49.4. The van der Waals surface area contributed by atoms with Gasteiger partial charge in [-0.05, 0) is 44.9 Å². The van der Waals surface area contributed by atoms with E-state index in [1.165, 1.54) is 0 Å². The first kappa shape index (κ1) is 21.5. The van der Waals surface area contributed by atoms with Gasteiger partial charge < -0.3 is 9.64 Å². The van der Waals surface area contributed by atoms with Crippen molar-refractivity contribution in [1.82, 2.24) is 29.7 Å². The van der Waals surface area contributed by atoms with Crippen LogP contribution < -0.4 is 4.90 Å². The zero-order valence-electron chi connectivity index (χ0n) is 19.4. The molecule has 0 amide bonds. The van der Waals surface area contributed by atoms with Crippen molar-refractivity contribution in [3.8, 4) is 0 Å². The lowest BCUT2D eigenvalue weighted by molar-refractivity contribution is -0.244. The Morgan fingerprint density at radius 3 is 2.66 bits per heavy atom. The lowest BCUT2D eigenvalue weighted by Gasteiger charge is -2.39. The molecule has 11 heteroatoms. The molecule has 0 N–H and O–H groups in total.